The average molecular weight is 333 g/mol. The van der Waals surface area contributed by atoms with Gasteiger partial charge in [-0.3, -0.25) is 4.68 Å². The van der Waals surface area contributed by atoms with E-state index >= 15 is 0 Å². The standard InChI is InChI=1S/C20H19N3O2/c1-20(2,3)23-17(8-12-22-23)14-4-6-15(7-5-14)25-19-16-10-13-24-18(16)9-11-21-19/h4-13H,1-3H3. The number of furan rings is 1. The summed E-state index contributed by atoms with van der Waals surface area (Å²) in [5.74, 6) is 1.27. The fraction of sp³-hybridized carbons (Fsp3) is 0.200. The van der Waals surface area contributed by atoms with Crippen molar-refractivity contribution in [3.63, 3.8) is 0 Å². The maximum Gasteiger partial charge on any atom is 0.230 e. The zero-order valence-corrected chi connectivity index (χ0v) is 14.4. The summed E-state index contributed by atoms with van der Waals surface area (Å²) in [7, 11) is 0. The summed E-state index contributed by atoms with van der Waals surface area (Å²) in [5.41, 5.74) is 2.86. The van der Waals surface area contributed by atoms with Gasteiger partial charge in [-0.2, -0.15) is 5.10 Å². The van der Waals surface area contributed by atoms with Gasteiger partial charge >= 0.3 is 0 Å². The van der Waals surface area contributed by atoms with Crippen LogP contribution in [0.2, 0.25) is 0 Å². The summed E-state index contributed by atoms with van der Waals surface area (Å²) in [4.78, 5) is 4.30. The Labute approximate surface area is 145 Å². The largest absolute Gasteiger partial charge is 0.464 e. The van der Waals surface area contributed by atoms with Crippen LogP contribution in [0.4, 0.5) is 0 Å². The number of ether oxygens (including phenoxy) is 1. The Bertz CT molecular complexity index is 1010. The SMILES string of the molecule is CC(C)(C)n1nccc1-c1ccc(Oc2nccc3occc23)cc1. The summed E-state index contributed by atoms with van der Waals surface area (Å²) in [6.45, 7) is 6.41. The topological polar surface area (TPSA) is 53.1 Å². The first-order valence-electron chi connectivity index (χ1n) is 8.17. The van der Waals surface area contributed by atoms with Gasteiger partial charge < -0.3 is 9.15 Å². The van der Waals surface area contributed by atoms with Gasteiger partial charge in [0.2, 0.25) is 5.88 Å². The van der Waals surface area contributed by atoms with E-state index in [-0.39, 0.29) is 5.54 Å². The molecule has 4 aromatic rings. The first kappa shape index (κ1) is 15.4. The van der Waals surface area contributed by atoms with Gasteiger partial charge in [-0.15, -0.1) is 0 Å². The van der Waals surface area contributed by atoms with Gasteiger partial charge in [-0.1, -0.05) is 0 Å². The maximum atomic E-state index is 5.93. The molecule has 0 N–H and O–H groups in total. The Kier molecular flexibility index (Phi) is 3.57. The zero-order valence-electron chi connectivity index (χ0n) is 14.4. The maximum absolute atomic E-state index is 5.93. The van der Waals surface area contributed by atoms with E-state index in [1.54, 1.807) is 12.5 Å². The van der Waals surface area contributed by atoms with Crippen molar-refractivity contribution in [2.75, 3.05) is 0 Å². The molecular formula is C20H19N3O2. The third-order valence-corrected chi connectivity index (χ3v) is 3.99. The van der Waals surface area contributed by atoms with Crippen molar-refractivity contribution in [1.82, 2.24) is 14.8 Å². The number of benzene rings is 1. The second kappa shape index (κ2) is 5.77. The molecule has 0 spiro atoms. The van der Waals surface area contributed by atoms with Crippen molar-refractivity contribution in [1.29, 1.82) is 0 Å². The van der Waals surface area contributed by atoms with Crippen LogP contribution in [0.1, 0.15) is 20.8 Å². The quantitative estimate of drug-likeness (QED) is 0.514. The van der Waals surface area contributed by atoms with E-state index in [9.17, 15) is 0 Å². The summed E-state index contributed by atoms with van der Waals surface area (Å²) < 4.78 is 13.3. The lowest BCUT2D eigenvalue weighted by molar-refractivity contribution is 0.360. The molecule has 0 amide bonds. The molecule has 3 heterocycles. The molecule has 0 aliphatic rings. The van der Waals surface area contributed by atoms with Crippen LogP contribution in [0.3, 0.4) is 0 Å². The predicted molar refractivity (Wildman–Crippen MR) is 96.7 cm³/mol. The molecule has 0 radical (unpaired) electrons. The lowest BCUT2D eigenvalue weighted by atomic mass is 10.1. The smallest absolute Gasteiger partial charge is 0.230 e. The van der Waals surface area contributed by atoms with Crippen molar-refractivity contribution in [2.45, 2.75) is 26.3 Å². The fourth-order valence-electron chi connectivity index (χ4n) is 2.81. The Balaban J connectivity index is 1.63. The highest BCUT2D eigenvalue weighted by Crippen LogP contribution is 2.30. The molecule has 0 atom stereocenters. The molecule has 1 aromatic carbocycles. The lowest BCUT2D eigenvalue weighted by Gasteiger charge is -2.22. The number of aromatic nitrogens is 3. The second-order valence-electron chi connectivity index (χ2n) is 6.87. The van der Waals surface area contributed by atoms with Crippen LogP contribution in [0.25, 0.3) is 22.2 Å². The highest BCUT2D eigenvalue weighted by Gasteiger charge is 2.18. The van der Waals surface area contributed by atoms with Gasteiger partial charge in [0.25, 0.3) is 0 Å². The van der Waals surface area contributed by atoms with Crippen molar-refractivity contribution < 1.29 is 9.15 Å². The first-order chi connectivity index (χ1) is 12.0. The van der Waals surface area contributed by atoms with Crippen LogP contribution in [-0.4, -0.2) is 14.8 Å². The second-order valence-corrected chi connectivity index (χ2v) is 6.87. The molecule has 0 aliphatic carbocycles. The summed E-state index contributed by atoms with van der Waals surface area (Å²) in [5, 5.41) is 5.31. The van der Waals surface area contributed by atoms with Crippen molar-refractivity contribution in [3.8, 4) is 22.9 Å². The molecule has 25 heavy (non-hydrogen) atoms. The zero-order chi connectivity index (χ0) is 17.4. The molecule has 0 saturated carbocycles. The van der Waals surface area contributed by atoms with Gasteiger partial charge in [0.05, 0.1) is 22.9 Å². The van der Waals surface area contributed by atoms with E-state index in [1.807, 2.05) is 53.3 Å². The minimum absolute atomic E-state index is 0.0746. The van der Waals surface area contributed by atoms with Crippen LogP contribution >= 0.6 is 0 Å². The lowest BCUT2D eigenvalue weighted by Crippen LogP contribution is -2.23. The molecule has 0 bridgehead atoms. The minimum Gasteiger partial charge on any atom is -0.464 e. The van der Waals surface area contributed by atoms with E-state index < -0.39 is 0 Å². The molecular weight excluding hydrogens is 314 g/mol. The number of hydrogen-bond donors (Lipinski definition) is 0. The first-order valence-corrected chi connectivity index (χ1v) is 8.17. The average Bonchev–Trinajstić information content (AvgIpc) is 3.25. The molecule has 126 valence electrons. The van der Waals surface area contributed by atoms with E-state index in [0.29, 0.717) is 5.88 Å². The summed E-state index contributed by atoms with van der Waals surface area (Å²) >= 11 is 0. The summed E-state index contributed by atoms with van der Waals surface area (Å²) in [6, 6.07) is 13.6. The summed E-state index contributed by atoms with van der Waals surface area (Å²) in [6.07, 6.45) is 5.14. The molecule has 4 rings (SSSR count). The van der Waals surface area contributed by atoms with Crippen LogP contribution in [0.15, 0.2) is 65.5 Å². The number of nitrogens with zero attached hydrogens (tertiary/aromatic N) is 3. The number of fused-ring (bicyclic) bond motifs is 1. The molecule has 0 saturated heterocycles. The molecule has 0 unspecified atom stereocenters. The Hall–Kier alpha value is -3.08. The van der Waals surface area contributed by atoms with Crippen LogP contribution in [0, 0.1) is 0 Å². The number of hydrogen-bond acceptors (Lipinski definition) is 4. The van der Waals surface area contributed by atoms with Gasteiger partial charge in [-0.25, -0.2) is 4.98 Å². The monoisotopic (exact) mass is 333 g/mol. The van der Waals surface area contributed by atoms with Gasteiger partial charge in [0.15, 0.2) is 0 Å². The number of rotatable bonds is 3. The van der Waals surface area contributed by atoms with Crippen LogP contribution in [0.5, 0.6) is 11.6 Å². The van der Waals surface area contributed by atoms with E-state index in [1.165, 1.54) is 0 Å². The Morgan fingerprint density at radius 3 is 2.52 bits per heavy atom. The molecule has 5 nitrogen and oxygen atoms in total. The van der Waals surface area contributed by atoms with Crippen LogP contribution < -0.4 is 4.74 Å². The molecule has 0 aliphatic heterocycles. The van der Waals surface area contributed by atoms with Gasteiger partial charge in [0.1, 0.15) is 11.3 Å². The molecule has 3 aromatic heterocycles. The third kappa shape index (κ3) is 2.89. The van der Waals surface area contributed by atoms with Gasteiger partial charge in [-0.05, 0) is 63.2 Å². The van der Waals surface area contributed by atoms with Gasteiger partial charge in [0, 0.05) is 18.0 Å². The van der Waals surface area contributed by atoms with E-state index in [0.717, 1.165) is 28.0 Å². The molecule has 5 heteroatoms. The Morgan fingerprint density at radius 1 is 0.960 bits per heavy atom. The Morgan fingerprint density at radius 2 is 1.76 bits per heavy atom. The van der Waals surface area contributed by atoms with E-state index in [4.69, 9.17) is 9.15 Å². The number of pyridine rings is 1. The fourth-order valence-corrected chi connectivity index (χ4v) is 2.81. The van der Waals surface area contributed by atoms with Crippen molar-refractivity contribution in [3.05, 3.63) is 61.1 Å². The molecule has 0 fully saturated rings. The van der Waals surface area contributed by atoms with E-state index in [2.05, 4.69) is 30.9 Å². The highest BCUT2D eigenvalue weighted by molar-refractivity contribution is 5.82. The van der Waals surface area contributed by atoms with Crippen LogP contribution in [-0.2, 0) is 5.54 Å². The van der Waals surface area contributed by atoms with Crippen molar-refractivity contribution in [2.24, 2.45) is 0 Å². The normalized spacial score (nSPS) is 11.8. The minimum atomic E-state index is -0.0746. The highest BCUT2D eigenvalue weighted by atomic mass is 16.5. The predicted octanol–water partition coefficient (Wildman–Crippen LogP) is 5.24. The third-order valence-electron chi connectivity index (χ3n) is 3.99. The van der Waals surface area contributed by atoms with Crippen molar-refractivity contribution >= 4 is 11.0 Å².